The Hall–Kier alpha value is -0.360. The first-order valence-corrected chi connectivity index (χ1v) is 5.39. The molecule has 0 N–H and O–H groups in total. The molecule has 4 nitrogen and oxygen atoms in total. The fraction of sp³-hybridized carbons (Fsp3) is 0.625. The van der Waals surface area contributed by atoms with Gasteiger partial charge in [0.2, 0.25) is 0 Å². The number of ether oxygens (including phenoxy) is 3. The average molecular weight is 238 g/mol. The second-order valence-corrected chi connectivity index (χ2v) is 3.60. The van der Waals surface area contributed by atoms with E-state index < -0.39 is 0 Å². The molecule has 0 aliphatic rings. The van der Waals surface area contributed by atoms with Gasteiger partial charge in [-0.25, -0.2) is 0 Å². The van der Waals surface area contributed by atoms with E-state index in [1.807, 2.05) is 0 Å². The molecule has 0 atom stereocenters. The molecule has 1 heterocycles. The van der Waals surface area contributed by atoms with Crippen LogP contribution in [0.3, 0.4) is 0 Å². The molecule has 1 aromatic heterocycles. The molecule has 0 aliphatic heterocycles. The van der Waals surface area contributed by atoms with Gasteiger partial charge in [0.1, 0.15) is 11.8 Å². The first-order valence-electron chi connectivity index (χ1n) is 4.13. The lowest BCUT2D eigenvalue weighted by atomic mass is 10.7. The minimum atomic E-state index is 0.463. The molecular formula is C8H12ClNO3S. The molecule has 0 unspecified atom stereocenters. The van der Waals surface area contributed by atoms with Gasteiger partial charge in [0, 0.05) is 12.5 Å². The Morgan fingerprint density at radius 1 is 1.36 bits per heavy atom. The van der Waals surface area contributed by atoms with Gasteiger partial charge in [-0.15, -0.1) is 0 Å². The van der Waals surface area contributed by atoms with E-state index in [0.29, 0.717) is 36.8 Å². The third kappa shape index (κ3) is 4.76. The first kappa shape index (κ1) is 11.7. The summed E-state index contributed by atoms with van der Waals surface area (Å²) in [5.74, 6) is 0. The summed E-state index contributed by atoms with van der Waals surface area (Å²) in [6.45, 7) is 2.19. The van der Waals surface area contributed by atoms with Crippen LogP contribution in [-0.2, 0) is 9.47 Å². The zero-order valence-corrected chi connectivity index (χ0v) is 9.44. The number of thiazole rings is 1. The summed E-state index contributed by atoms with van der Waals surface area (Å²) in [6.07, 6.45) is 0. The van der Waals surface area contributed by atoms with Crippen molar-refractivity contribution < 1.29 is 14.2 Å². The second kappa shape index (κ2) is 7.00. The van der Waals surface area contributed by atoms with Gasteiger partial charge in [-0.3, -0.25) is 0 Å². The highest BCUT2D eigenvalue weighted by atomic mass is 35.5. The zero-order valence-electron chi connectivity index (χ0n) is 7.86. The van der Waals surface area contributed by atoms with Crippen molar-refractivity contribution in [2.75, 3.05) is 33.5 Å². The van der Waals surface area contributed by atoms with Gasteiger partial charge in [-0.2, -0.15) is 4.98 Å². The minimum Gasteiger partial charge on any atom is -0.468 e. The Labute approximate surface area is 91.8 Å². The minimum absolute atomic E-state index is 0.463. The number of hydrogen-bond donors (Lipinski definition) is 0. The van der Waals surface area contributed by atoms with Crippen molar-refractivity contribution in [2.24, 2.45) is 0 Å². The van der Waals surface area contributed by atoms with Crippen molar-refractivity contribution in [3.63, 3.8) is 0 Å². The maximum atomic E-state index is 5.61. The van der Waals surface area contributed by atoms with E-state index in [4.69, 9.17) is 25.8 Å². The van der Waals surface area contributed by atoms with Gasteiger partial charge in [0.05, 0.1) is 19.8 Å². The Balaban J connectivity index is 1.99. The van der Waals surface area contributed by atoms with Crippen molar-refractivity contribution in [1.29, 1.82) is 0 Å². The van der Waals surface area contributed by atoms with Crippen LogP contribution in [0.15, 0.2) is 5.38 Å². The van der Waals surface area contributed by atoms with Crippen LogP contribution in [0.4, 0.5) is 0 Å². The van der Waals surface area contributed by atoms with Gasteiger partial charge in [-0.1, -0.05) is 22.9 Å². The summed E-state index contributed by atoms with van der Waals surface area (Å²) < 4.78 is 15.3. The van der Waals surface area contributed by atoms with Crippen LogP contribution in [0.2, 0.25) is 5.15 Å². The van der Waals surface area contributed by atoms with Crippen molar-refractivity contribution in [2.45, 2.75) is 0 Å². The Bertz CT molecular complexity index is 256. The van der Waals surface area contributed by atoms with E-state index in [1.54, 1.807) is 12.5 Å². The molecule has 0 spiro atoms. The Kier molecular flexibility index (Phi) is 5.86. The number of nitrogens with zero attached hydrogens (tertiary/aromatic N) is 1. The van der Waals surface area contributed by atoms with Crippen molar-refractivity contribution in [1.82, 2.24) is 4.98 Å². The molecule has 1 rings (SSSR count). The molecule has 0 aliphatic carbocycles. The van der Waals surface area contributed by atoms with Gasteiger partial charge in [0.15, 0.2) is 0 Å². The van der Waals surface area contributed by atoms with Crippen LogP contribution in [0, 0.1) is 0 Å². The number of methoxy groups -OCH3 is 1. The van der Waals surface area contributed by atoms with E-state index in [-0.39, 0.29) is 0 Å². The molecule has 0 aromatic carbocycles. The molecule has 1 aromatic rings. The molecule has 80 valence electrons. The summed E-state index contributed by atoms with van der Waals surface area (Å²) in [7, 11) is 1.64. The highest BCUT2D eigenvalue weighted by molar-refractivity contribution is 7.11. The summed E-state index contributed by atoms with van der Waals surface area (Å²) >= 11 is 6.99. The number of aromatic nitrogens is 1. The maximum Gasteiger partial charge on any atom is 0.274 e. The zero-order chi connectivity index (χ0) is 10.2. The van der Waals surface area contributed by atoms with E-state index in [1.165, 1.54) is 11.3 Å². The van der Waals surface area contributed by atoms with Gasteiger partial charge >= 0.3 is 0 Å². The number of hydrogen-bond acceptors (Lipinski definition) is 5. The van der Waals surface area contributed by atoms with Gasteiger partial charge in [0.25, 0.3) is 5.19 Å². The molecule has 14 heavy (non-hydrogen) atoms. The van der Waals surface area contributed by atoms with Crippen LogP contribution in [0.25, 0.3) is 0 Å². The highest BCUT2D eigenvalue weighted by Gasteiger charge is 1.99. The number of rotatable bonds is 7. The largest absolute Gasteiger partial charge is 0.468 e. The monoisotopic (exact) mass is 237 g/mol. The second-order valence-electron chi connectivity index (χ2n) is 2.39. The maximum absolute atomic E-state index is 5.61. The summed E-state index contributed by atoms with van der Waals surface area (Å²) in [5.41, 5.74) is 0. The summed E-state index contributed by atoms with van der Waals surface area (Å²) in [5, 5.41) is 2.76. The van der Waals surface area contributed by atoms with Crippen LogP contribution in [0.5, 0.6) is 5.19 Å². The van der Waals surface area contributed by atoms with Crippen LogP contribution >= 0.6 is 22.9 Å². The summed E-state index contributed by atoms with van der Waals surface area (Å²) in [4.78, 5) is 3.93. The molecule has 0 bridgehead atoms. The van der Waals surface area contributed by atoms with Crippen LogP contribution in [-0.4, -0.2) is 38.5 Å². The van der Waals surface area contributed by atoms with E-state index in [0.717, 1.165) is 0 Å². The quantitative estimate of drug-likeness (QED) is 0.679. The van der Waals surface area contributed by atoms with E-state index in [9.17, 15) is 0 Å². The smallest absolute Gasteiger partial charge is 0.274 e. The average Bonchev–Trinajstić information content (AvgIpc) is 2.58. The highest BCUT2D eigenvalue weighted by Crippen LogP contribution is 2.20. The predicted octanol–water partition coefficient (Wildman–Crippen LogP) is 1.84. The third-order valence-electron chi connectivity index (χ3n) is 1.34. The van der Waals surface area contributed by atoms with Crippen LogP contribution < -0.4 is 4.74 Å². The molecule has 0 amide bonds. The van der Waals surface area contributed by atoms with E-state index in [2.05, 4.69) is 4.98 Å². The molecule has 0 fully saturated rings. The van der Waals surface area contributed by atoms with Crippen molar-refractivity contribution in [3.8, 4) is 5.19 Å². The fourth-order valence-corrected chi connectivity index (χ4v) is 1.55. The lowest BCUT2D eigenvalue weighted by Crippen LogP contribution is -2.09. The predicted molar refractivity (Wildman–Crippen MR) is 55.3 cm³/mol. The molecular weight excluding hydrogens is 226 g/mol. The standard InChI is InChI=1S/C8H12ClNO3S/c1-11-2-3-12-4-5-13-8-10-7(9)6-14-8/h6H,2-5H2,1H3. The van der Waals surface area contributed by atoms with Crippen molar-refractivity contribution in [3.05, 3.63) is 10.5 Å². The normalized spacial score (nSPS) is 10.4. The third-order valence-corrected chi connectivity index (χ3v) is 2.41. The fourth-order valence-electron chi connectivity index (χ4n) is 0.737. The SMILES string of the molecule is COCCOCCOc1nc(Cl)cs1. The van der Waals surface area contributed by atoms with Gasteiger partial charge in [-0.05, 0) is 0 Å². The lowest BCUT2D eigenvalue weighted by Gasteiger charge is -2.03. The molecule has 6 heteroatoms. The van der Waals surface area contributed by atoms with Gasteiger partial charge < -0.3 is 14.2 Å². The van der Waals surface area contributed by atoms with E-state index >= 15 is 0 Å². The Morgan fingerprint density at radius 2 is 2.14 bits per heavy atom. The van der Waals surface area contributed by atoms with Crippen LogP contribution in [0.1, 0.15) is 0 Å². The molecule has 0 saturated carbocycles. The first-order chi connectivity index (χ1) is 6.83. The molecule has 0 radical (unpaired) electrons. The lowest BCUT2D eigenvalue weighted by molar-refractivity contribution is 0.0544. The number of halogens is 1. The van der Waals surface area contributed by atoms with Crippen molar-refractivity contribution >= 4 is 22.9 Å². The topological polar surface area (TPSA) is 40.6 Å². The summed E-state index contributed by atoms with van der Waals surface area (Å²) in [6, 6.07) is 0. The Morgan fingerprint density at radius 3 is 2.79 bits per heavy atom. The molecule has 0 saturated heterocycles.